The Labute approximate surface area is 122 Å². The molecule has 1 aromatic heterocycles. The minimum absolute atomic E-state index is 0.181. The number of amides is 1. The van der Waals surface area contributed by atoms with Crippen LogP contribution in [0.25, 0.3) is 0 Å². The Morgan fingerprint density at radius 3 is 2.95 bits per heavy atom. The average Bonchev–Trinajstić information content (AvgIpc) is 2.47. The molecule has 2 atom stereocenters. The zero-order valence-corrected chi connectivity index (χ0v) is 11.9. The monoisotopic (exact) mass is 291 g/mol. The Morgan fingerprint density at radius 1 is 1.40 bits per heavy atom. The number of carbonyl (C=O) groups is 1. The Bertz CT molecular complexity index is 532. The van der Waals surface area contributed by atoms with Gasteiger partial charge in [-0.3, -0.25) is 4.79 Å². The number of nitrogens with two attached hydrogens (primary N) is 1. The number of rotatable bonds is 2. The molecular formula is C13H17N5OS. The number of nitrogens with zero attached hydrogens (tertiary/aromatic N) is 3. The molecule has 0 bridgehead atoms. The number of fused-ring (bicyclic) bond motifs is 1. The minimum Gasteiger partial charge on any atom is -0.388 e. The average molecular weight is 291 g/mol. The largest absolute Gasteiger partial charge is 0.388 e. The molecule has 106 valence electrons. The van der Waals surface area contributed by atoms with Crippen LogP contribution in [0, 0.1) is 5.92 Å². The maximum absolute atomic E-state index is 11.4. The standard InChI is InChI=1S/C13H17N5OS/c14-13(20)10-5-16-11(6-15-10)18-4-3-9-8(7-18)1-2-12(19)17-9/h5-6,8-9H,1-4,7H2,(H2,14,20)(H,17,19). The van der Waals surface area contributed by atoms with E-state index in [9.17, 15) is 4.79 Å². The summed E-state index contributed by atoms with van der Waals surface area (Å²) in [5, 5.41) is 3.08. The fraction of sp³-hybridized carbons (Fsp3) is 0.538. The number of anilines is 1. The molecule has 6 nitrogen and oxygen atoms in total. The highest BCUT2D eigenvalue weighted by molar-refractivity contribution is 7.80. The van der Waals surface area contributed by atoms with Crippen LogP contribution in [0.15, 0.2) is 12.4 Å². The van der Waals surface area contributed by atoms with Gasteiger partial charge in [0.2, 0.25) is 5.91 Å². The van der Waals surface area contributed by atoms with E-state index in [-0.39, 0.29) is 10.9 Å². The highest BCUT2D eigenvalue weighted by Gasteiger charge is 2.34. The Hall–Kier alpha value is -1.76. The van der Waals surface area contributed by atoms with E-state index < -0.39 is 0 Å². The molecule has 3 heterocycles. The third kappa shape index (κ3) is 2.58. The van der Waals surface area contributed by atoms with Crippen LogP contribution in [0.2, 0.25) is 0 Å². The van der Waals surface area contributed by atoms with E-state index in [1.807, 2.05) is 0 Å². The van der Waals surface area contributed by atoms with Crippen LogP contribution >= 0.6 is 12.2 Å². The summed E-state index contributed by atoms with van der Waals surface area (Å²) in [5.41, 5.74) is 6.06. The van der Waals surface area contributed by atoms with Crippen molar-refractivity contribution in [3.05, 3.63) is 18.1 Å². The van der Waals surface area contributed by atoms with Crippen molar-refractivity contribution < 1.29 is 4.79 Å². The number of carbonyl (C=O) groups excluding carboxylic acids is 1. The van der Waals surface area contributed by atoms with E-state index in [2.05, 4.69) is 20.2 Å². The van der Waals surface area contributed by atoms with Crippen LogP contribution in [0.4, 0.5) is 5.82 Å². The van der Waals surface area contributed by atoms with Crippen molar-refractivity contribution in [1.82, 2.24) is 15.3 Å². The topological polar surface area (TPSA) is 84.1 Å². The smallest absolute Gasteiger partial charge is 0.220 e. The maximum atomic E-state index is 11.4. The highest BCUT2D eigenvalue weighted by atomic mass is 32.1. The van der Waals surface area contributed by atoms with Gasteiger partial charge in [0.1, 0.15) is 16.5 Å². The molecule has 2 unspecified atom stereocenters. The predicted octanol–water partition coefficient (Wildman–Crippen LogP) is 0.216. The number of hydrogen-bond acceptors (Lipinski definition) is 5. The van der Waals surface area contributed by atoms with E-state index >= 15 is 0 Å². The van der Waals surface area contributed by atoms with Gasteiger partial charge >= 0.3 is 0 Å². The summed E-state index contributed by atoms with van der Waals surface area (Å²) >= 11 is 4.87. The van der Waals surface area contributed by atoms with Gasteiger partial charge in [-0.15, -0.1) is 0 Å². The molecule has 3 N–H and O–H groups in total. The van der Waals surface area contributed by atoms with Crippen LogP contribution in [0.3, 0.4) is 0 Å². The highest BCUT2D eigenvalue weighted by Crippen LogP contribution is 2.27. The van der Waals surface area contributed by atoms with Gasteiger partial charge in [-0.1, -0.05) is 12.2 Å². The summed E-state index contributed by atoms with van der Waals surface area (Å²) in [5.74, 6) is 1.53. The van der Waals surface area contributed by atoms with Gasteiger partial charge in [-0.2, -0.15) is 0 Å². The number of thiocarbonyl (C=S) groups is 1. The summed E-state index contributed by atoms with van der Waals surface area (Å²) in [7, 11) is 0. The van der Waals surface area contributed by atoms with Gasteiger partial charge in [-0.05, 0) is 18.8 Å². The van der Waals surface area contributed by atoms with Crippen LogP contribution in [0.5, 0.6) is 0 Å². The van der Waals surface area contributed by atoms with Crippen molar-refractivity contribution in [2.24, 2.45) is 11.7 Å². The number of nitrogens with one attached hydrogen (secondary N) is 1. The van der Waals surface area contributed by atoms with E-state index in [1.54, 1.807) is 12.4 Å². The summed E-state index contributed by atoms with van der Waals surface area (Å²) in [6.07, 6.45) is 5.87. The normalized spacial score (nSPS) is 25.8. The Kier molecular flexibility index (Phi) is 3.52. The van der Waals surface area contributed by atoms with Gasteiger partial charge in [-0.25, -0.2) is 9.97 Å². The lowest BCUT2D eigenvalue weighted by molar-refractivity contribution is -0.124. The quantitative estimate of drug-likeness (QED) is 0.758. The SMILES string of the molecule is NC(=S)c1cnc(N2CCC3NC(=O)CCC3C2)cn1. The van der Waals surface area contributed by atoms with E-state index in [0.717, 1.165) is 31.7 Å². The fourth-order valence-electron chi connectivity index (χ4n) is 2.93. The molecule has 20 heavy (non-hydrogen) atoms. The fourth-order valence-corrected chi connectivity index (χ4v) is 3.04. The molecule has 3 rings (SSSR count). The van der Waals surface area contributed by atoms with Crippen LogP contribution in [0.1, 0.15) is 25.0 Å². The van der Waals surface area contributed by atoms with Crippen molar-refractivity contribution in [3.63, 3.8) is 0 Å². The summed E-state index contributed by atoms with van der Waals surface area (Å²) in [6, 6.07) is 0.316. The lowest BCUT2D eigenvalue weighted by Gasteiger charge is -2.41. The van der Waals surface area contributed by atoms with Gasteiger partial charge in [0.05, 0.1) is 12.4 Å². The Morgan fingerprint density at radius 2 is 2.25 bits per heavy atom. The van der Waals surface area contributed by atoms with Crippen LogP contribution in [-0.4, -0.2) is 40.0 Å². The predicted molar refractivity (Wildman–Crippen MR) is 79.4 cm³/mol. The molecule has 1 amide bonds. The molecule has 0 spiro atoms. The molecular weight excluding hydrogens is 274 g/mol. The van der Waals surface area contributed by atoms with Crippen LogP contribution < -0.4 is 16.0 Å². The van der Waals surface area contributed by atoms with Gasteiger partial charge in [0, 0.05) is 25.6 Å². The molecule has 1 aromatic rings. The zero-order chi connectivity index (χ0) is 14.1. The first-order valence-electron chi connectivity index (χ1n) is 6.79. The van der Waals surface area contributed by atoms with Gasteiger partial charge in [0.25, 0.3) is 0 Å². The second-order valence-electron chi connectivity index (χ2n) is 5.33. The molecule has 0 radical (unpaired) electrons. The molecule has 7 heteroatoms. The second kappa shape index (κ2) is 5.32. The van der Waals surface area contributed by atoms with E-state index in [4.69, 9.17) is 18.0 Å². The summed E-state index contributed by atoms with van der Waals surface area (Å²) in [6.45, 7) is 1.79. The summed E-state index contributed by atoms with van der Waals surface area (Å²) in [4.78, 5) is 22.5. The second-order valence-corrected chi connectivity index (χ2v) is 5.77. The molecule has 2 aliphatic rings. The third-order valence-electron chi connectivity index (χ3n) is 4.04. The molecule has 2 aliphatic heterocycles. The van der Waals surface area contributed by atoms with E-state index in [0.29, 0.717) is 24.1 Å². The van der Waals surface area contributed by atoms with Crippen molar-refractivity contribution in [2.45, 2.75) is 25.3 Å². The minimum atomic E-state index is 0.181. The summed E-state index contributed by atoms with van der Waals surface area (Å²) < 4.78 is 0. The van der Waals surface area contributed by atoms with Crippen molar-refractivity contribution in [3.8, 4) is 0 Å². The van der Waals surface area contributed by atoms with E-state index in [1.165, 1.54) is 0 Å². The molecule has 0 aliphatic carbocycles. The van der Waals surface area contributed by atoms with Gasteiger partial charge < -0.3 is 16.0 Å². The number of aromatic nitrogens is 2. The first kappa shape index (κ1) is 13.2. The lowest BCUT2D eigenvalue weighted by atomic mass is 9.85. The number of hydrogen-bond donors (Lipinski definition) is 2. The molecule has 2 fully saturated rings. The first-order valence-corrected chi connectivity index (χ1v) is 7.20. The van der Waals surface area contributed by atoms with Crippen molar-refractivity contribution in [1.29, 1.82) is 0 Å². The van der Waals surface area contributed by atoms with Crippen molar-refractivity contribution in [2.75, 3.05) is 18.0 Å². The van der Waals surface area contributed by atoms with Gasteiger partial charge in [0.15, 0.2) is 0 Å². The van der Waals surface area contributed by atoms with Crippen LogP contribution in [-0.2, 0) is 4.79 Å². The molecule has 0 saturated carbocycles. The maximum Gasteiger partial charge on any atom is 0.220 e. The molecule has 0 aromatic carbocycles. The zero-order valence-electron chi connectivity index (χ0n) is 11.1. The third-order valence-corrected chi connectivity index (χ3v) is 4.25. The number of piperidine rings is 2. The first-order chi connectivity index (χ1) is 9.63. The molecule has 2 saturated heterocycles. The Balaban J connectivity index is 1.69. The van der Waals surface area contributed by atoms with Crippen molar-refractivity contribution >= 4 is 28.9 Å². The lowest BCUT2D eigenvalue weighted by Crippen LogP contribution is -2.54.